The third-order valence-electron chi connectivity index (χ3n) is 7.28. The first-order valence-corrected chi connectivity index (χ1v) is 16.2. The Kier molecular flexibility index (Phi) is 16.2. The number of unbranched alkanes of at least 4 members (excludes halogenated alkanes) is 6. The molecule has 3 aromatic rings. The molecule has 3 rings (SSSR count). The van der Waals surface area contributed by atoms with Crippen molar-refractivity contribution in [2.24, 2.45) is 0 Å². The summed E-state index contributed by atoms with van der Waals surface area (Å²) in [6.07, 6.45) is 9.40. The number of rotatable bonds is 22. The number of ketones is 1. The first-order chi connectivity index (χ1) is 23.3. The predicted octanol–water partition coefficient (Wildman–Crippen LogP) is 7.78. The van der Waals surface area contributed by atoms with Gasteiger partial charge in [0, 0.05) is 23.3 Å². The molecule has 0 aliphatic rings. The molecule has 0 saturated carbocycles. The molecule has 3 aromatic carbocycles. The van der Waals surface area contributed by atoms with Crippen LogP contribution in [0.1, 0.15) is 83.2 Å². The van der Waals surface area contributed by atoms with E-state index in [0.717, 1.165) is 63.5 Å². The van der Waals surface area contributed by atoms with Crippen LogP contribution in [0.5, 0.6) is 17.2 Å². The van der Waals surface area contributed by atoms with Crippen molar-refractivity contribution in [2.45, 2.75) is 58.3 Å². The van der Waals surface area contributed by atoms with Gasteiger partial charge in [0.15, 0.2) is 5.78 Å². The van der Waals surface area contributed by atoms with Gasteiger partial charge in [0.2, 0.25) is 0 Å². The quantitative estimate of drug-likeness (QED) is 0.0352. The van der Waals surface area contributed by atoms with Gasteiger partial charge in [0.25, 0.3) is 0 Å². The molecule has 0 unspecified atom stereocenters. The highest BCUT2D eigenvalue weighted by Crippen LogP contribution is 2.24. The van der Waals surface area contributed by atoms with Crippen LogP contribution in [0, 0.1) is 6.92 Å². The number of ether oxygens (including phenoxy) is 5. The van der Waals surface area contributed by atoms with Crippen LogP contribution in [0.3, 0.4) is 0 Å². The molecule has 0 heterocycles. The van der Waals surface area contributed by atoms with Crippen molar-refractivity contribution < 1.29 is 42.9 Å². The number of hydrogen-bond donors (Lipinski definition) is 0. The molecule has 0 N–H and O–H groups in total. The molecule has 48 heavy (non-hydrogen) atoms. The van der Waals surface area contributed by atoms with Crippen LogP contribution in [0.15, 0.2) is 92.0 Å². The van der Waals surface area contributed by atoms with Gasteiger partial charge in [-0.05, 0) is 131 Å². The van der Waals surface area contributed by atoms with Crippen molar-refractivity contribution in [1.29, 1.82) is 0 Å². The number of esters is 3. The third-order valence-corrected chi connectivity index (χ3v) is 7.28. The molecule has 0 aliphatic heterocycles. The summed E-state index contributed by atoms with van der Waals surface area (Å²) in [6.45, 7) is 10.4. The van der Waals surface area contributed by atoms with E-state index in [1.54, 1.807) is 73.7 Å². The van der Waals surface area contributed by atoms with Crippen LogP contribution >= 0.6 is 0 Å². The first kappa shape index (κ1) is 37.3. The molecular weight excluding hydrogens is 612 g/mol. The second-order valence-electron chi connectivity index (χ2n) is 11.0. The normalized spacial score (nSPS) is 10.4. The summed E-state index contributed by atoms with van der Waals surface area (Å²) in [5.74, 6) is 0.249. The third kappa shape index (κ3) is 13.3. The number of carbonyl (C=O) groups is 4. The van der Waals surface area contributed by atoms with E-state index in [1.807, 2.05) is 0 Å². The van der Waals surface area contributed by atoms with Crippen LogP contribution in [0.2, 0.25) is 0 Å². The lowest BCUT2D eigenvalue weighted by molar-refractivity contribution is -0.138. The molecule has 0 atom stereocenters. The van der Waals surface area contributed by atoms with Crippen molar-refractivity contribution in [2.75, 3.05) is 26.4 Å². The molecule has 9 nitrogen and oxygen atoms in total. The molecule has 0 bridgehead atoms. The molecule has 0 spiro atoms. The van der Waals surface area contributed by atoms with Crippen molar-refractivity contribution >= 4 is 23.7 Å². The molecule has 254 valence electrons. The fraction of sp³-hybridized carbons (Fsp3) is 0.333. The molecule has 9 heteroatoms. The van der Waals surface area contributed by atoms with Gasteiger partial charge in [-0.15, -0.1) is 0 Å². The van der Waals surface area contributed by atoms with Gasteiger partial charge in [-0.25, -0.2) is 14.4 Å². The lowest BCUT2D eigenvalue weighted by Gasteiger charge is -2.11. The maximum atomic E-state index is 13.1. The van der Waals surface area contributed by atoms with Crippen LogP contribution < -0.4 is 14.2 Å². The minimum absolute atomic E-state index is 0.149. The summed E-state index contributed by atoms with van der Waals surface area (Å²) in [5, 5.41) is 0. The van der Waals surface area contributed by atoms with Gasteiger partial charge in [-0.2, -0.15) is 0 Å². The highest BCUT2D eigenvalue weighted by molar-refractivity contribution is 6.09. The molecule has 0 aliphatic carbocycles. The van der Waals surface area contributed by atoms with E-state index in [4.69, 9.17) is 23.7 Å². The van der Waals surface area contributed by atoms with Crippen molar-refractivity contribution in [3.8, 4) is 17.2 Å². The predicted molar refractivity (Wildman–Crippen MR) is 183 cm³/mol. The Labute approximate surface area is 282 Å². The molecule has 0 radical (unpaired) electrons. The average molecular weight is 657 g/mol. The Bertz CT molecular complexity index is 1510. The monoisotopic (exact) mass is 656 g/mol. The summed E-state index contributed by atoms with van der Waals surface area (Å²) < 4.78 is 27.1. The van der Waals surface area contributed by atoms with Gasteiger partial charge in [-0.1, -0.05) is 13.2 Å². The first-order valence-electron chi connectivity index (χ1n) is 16.2. The van der Waals surface area contributed by atoms with E-state index < -0.39 is 17.9 Å². The zero-order chi connectivity index (χ0) is 34.6. The van der Waals surface area contributed by atoms with Crippen molar-refractivity contribution in [1.82, 2.24) is 0 Å². The Morgan fingerprint density at radius 1 is 0.562 bits per heavy atom. The summed E-state index contributed by atoms with van der Waals surface area (Å²) in [6, 6.07) is 18.7. The highest BCUT2D eigenvalue weighted by atomic mass is 16.5. The number of aryl methyl sites for hydroxylation is 1. The Balaban J connectivity index is 1.38. The fourth-order valence-corrected chi connectivity index (χ4v) is 4.58. The van der Waals surface area contributed by atoms with Crippen LogP contribution in [-0.2, 0) is 19.1 Å². The highest BCUT2D eigenvalue weighted by Gasteiger charge is 2.15. The Hall–Kier alpha value is -5.18. The SMILES string of the molecule is C=CC(=O)OCCCCCCOc1ccc(C(=O)Oc2ccc(C(=O)c3ccc(OCCCCCCOC(=O)C=C)cc3)cc2C)cc1. The number of carbonyl (C=O) groups excluding carboxylic acids is 4. The number of benzene rings is 3. The van der Waals surface area contributed by atoms with Crippen LogP contribution in [0.4, 0.5) is 0 Å². The maximum absolute atomic E-state index is 13.1. The average Bonchev–Trinajstić information content (AvgIpc) is 3.11. The van der Waals surface area contributed by atoms with Crippen LogP contribution in [-0.4, -0.2) is 50.1 Å². The summed E-state index contributed by atoms with van der Waals surface area (Å²) >= 11 is 0. The molecule has 0 fully saturated rings. The van der Waals surface area contributed by atoms with E-state index in [9.17, 15) is 19.2 Å². The van der Waals surface area contributed by atoms with Crippen molar-refractivity contribution in [3.05, 3.63) is 114 Å². The van der Waals surface area contributed by atoms with Crippen molar-refractivity contribution in [3.63, 3.8) is 0 Å². The molecule has 0 aromatic heterocycles. The Morgan fingerprint density at radius 2 is 1.00 bits per heavy atom. The summed E-state index contributed by atoms with van der Waals surface area (Å²) in [7, 11) is 0. The van der Waals surface area contributed by atoms with E-state index in [0.29, 0.717) is 65.9 Å². The summed E-state index contributed by atoms with van der Waals surface area (Å²) in [5.41, 5.74) is 2.04. The molecule has 0 saturated heterocycles. The summed E-state index contributed by atoms with van der Waals surface area (Å²) in [4.78, 5) is 47.9. The fourth-order valence-electron chi connectivity index (χ4n) is 4.58. The second-order valence-corrected chi connectivity index (χ2v) is 11.0. The van der Waals surface area contributed by atoms with E-state index in [2.05, 4.69) is 13.2 Å². The Morgan fingerprint density at radius 3 is 1.46 bits per heavy atom. The van der Waals surface area contributed by atoms with E-state index in [-0.39, 0.29) is 5.78 Å². The van der Waals surface area contributed by atoms with Gasteiger partial charge in [0.1, 0.15) is 17.2 Å². The van der Waals surface area contributed by atoms with Gasteiger partial charge in [0.05, 0.1) is 32.0 Å². The van der Waals surface area contributed by atoms with Gasteiger partial charge >= 0.3 is 17.9 Å². The van der Waals surface area contributed by atoms with Gasteiger partial charge < -0.3 is 23.7 Å². The standard InChI is InChI=1S/C39H44O9/c1-4-36(40)46-26-12-8-6-10-24-44-33-19-14-30(15-20-33)38(42)32-18-23-35(29(3)28-32)48-39(43)31-16-21-34(22-17-31)45-25-11-7-9-13-27-47-37(41)5-2/h4-5,14-23,28H,1-2,6-13,24-27H2,3H3. The molecule has 0 amide bonds. The minimum atomic E-state index is -0.509. The van der Waals surface area contributed by atoms with Crippen LogP contribution in [0.25, 0.3) is 0 Å². The van der Waals surface area contributed by atoms with Gasteiger partial charge in [-0.3, -0.25) is 4.79 Å². The maximum Gasteiger partial charge on any atom is 0.343 e. The van der Waals surface area contributed by atoms with E-state index >= 15 is 0 Å². The lowest BCUT2D eigenvalue weighted by Crippen LogP contribution is -2.10. The largest absolute Gasteiger partial charge is 0.494 e. The van der Waals surface area contributed by atoms with E-state index in [1.165, 1.54) is 0 Å². The zero-order valence-electron chi connectivity index (χ0n) is 27.6. The zero-order valence-corrected chi connectivity index (χ0v) is 27.6. The molecular formula is C39H44O9. The second kappa shape index (κ2) is 20.8. The number of hydrogen-bond acceptors (Lipinski definition) is 9. The topological polar surface area (TPSA) is 114 Å². The minimum Gasteiger partial charge on any atom is -0.494 e. The lowest BCUT2D eigenvalue weighted by atomic mass is 10.0. The smallest absolute Gasteiger partial charge is 0.343 e.